The van der Waals surface area contributed by atoms with Crippen molar-refractivity contribution in [3.63, 3.8) is 0 Å². The molecular weight excluding hydrogens is 334 g/mol. The van der Waals surface area contributed by atoms with Gasteiger partial charge in [0.05, 0.1) is 5.75 Å². The Balaban J connectivity index is 1.70. The van der Waals surface area contributed by atoms with Crippen molar-refractivity contribution in [3.8, 4) is 0 Å². The SMILES string of the molecule is Cc1cc2oc(=O)cc(CSCC(=O)N3CCC[C@@H](C)C3)c2cc1C. The second-order valence-electron chi connectivity index (χ2n) is 7.10. The Bertz CT molecular complexity index is 843. The van der Waals surface area contributed by atoms with E-state index in [1.165, 1.54) is 12.0 Å². The minimum absolute atomic E-state index is 0.204. The first-order valence-corrected chi connectivity index (χ1v) is 9.99. The molecule has 0 unspecified atom stereocenters. The third-order valence-corrected chi connectivity index (χ3v) is 5.90. The quantitative estimate of drug-likeness (QED) is 0.777. The minimum Gasteiger partial charge on any atom is -0.423 e. The Morgan fingerprint density at radius 1 is 1.28 bits per heavy atom. The molecule has 1 aromatic carbocycles. The Labute approximate surface area is 152 Å². The normalized spacial score (nSPS) is 17.9. The van der Waals surface area contributed by atoms with Gasteiger partial charge in [-0.25, -0.2) is 4.79 Å². The molecule has 4 nitrogen and oxygen atoms in total. The highest BCUT2D eigenvalue weighted by Crippen LogP contribution is 2.25. The second kappa shape index (κ2) is 7.65. The first-order chi connectivity index (χ1) is 11.9. The van der Waals surface area contributed by atoms with Gasteiger partial charge in [-0.3, -0.25) is 4.79 Å². The van der Waals surface area contributed by atoms with Gasteiger partial charge in [0.15, 0.2) is 0 Å². The van der Waals surface area contributed by atoms with Crippen molar-refractivity contribution in [1.29, 1.82) is 0 Å². The molecule has 0 radical (unpaired) electrons. The summed E-state index contributed by atoms with van der Waals surface area (Å²) in [6, 6.07) is 5.54. The predicted octanol–water partition coefficient (Wildman–Crippen LogP) is 3.90. The van der Waals surface area contributed by atoms with E-state index < -0.39 is 0 Å². The van der Waals surface area contributed by atoms with Gasteiger partial charge < -0.3 is 9.32 Å². The summed E-state index contributed by atoms with van der Waals surface area (Å²) in [5.41, 5.74) is 3.52. The van der Waals surface area contributed by atoms with E-state index >= 15 is 0 Å². The molecule has 2 heterocycles. The van der Waals surface area contributed by atoms with E-state index in [0.717, 1.165) is 36.0 Å². The molecule has 1 fully saturated rings. The molecule has 1 aliphatic rings. The number of fused-ring (bicyclic) bond motifs is 1. The van der Waals surface area contributed by atoms with Gasteiger partial charge in [0.25, 0.3) is 0 Å². The largest absolute Gasteiger partial charge is 0.423 e. The number of likely N-dealkylation sites (tertiary alicyclic amines) is 1. The van der Waals surface area contributed by atoms with Gasteiger partial charge in [-0.1, -0.05) is 6.92 Å². The number of amides is 1. The fourth-order valence-electron chi connectivity index (χ4n) is 3.36. The van der Waals surface area contributed by atoms with E-state index in [-0.39, 0.29) is 11.5 Å². The zero-order valence-corrected chi connectivity index (χ0v) is 15.9. The number of carbonyl (C=O) groups is 1. The predicted molar refractivity (Wildman–Crippen MR) is 103 cm³/mol. The highest BCUT2D eigenvalue weighted by atomic mass is 32.2. The van der Waals surface area contributed by atoms with Gasteiger partial charge in [-0.05, 0) is 61.4 Å². The summed E-state index contributed by atoms with van der Waals surface area (Å²) in [5.74, 6) is 1.89. The number of carbonyl (C=O) groups excluding carboxylic acids is 1. The van der Waals surface area contributed by atoms with Crippen LogP contribution in [0.4, 0.5) is 0 Å². The maximum absolute atomic E-state index is 12.4. The fourth-order valence-corrected chi connectivity index (χ4v) is 4.28. The summed E-state index contributed by atoms with van der Waals surface area (Å²) in [4.78, 5) is 26.2. The van der Waals surface area contributed by atoms with Gasteiger partial charge in [-0.2, -0.15) is 0 Å². The Morgan fingerprint density at radius 2 is 2.04 bits per heavy atom. The molecule has 25 heavy (non-hydrogen) atoms. The van der Waals surface area contributed by atoms with E-state index in [4.69, 9.17) is 4.42 Å². The summed E-state index contributed by atoms with van der Waals surface area (Å²) >= 11 is 1.57. The van der Waals surface area contributed by atoms with E-state index in [1.807, 2.05) is 17.9 Å². The Kier molecular flexibility index (Phi) is 5.52. The maximum atomic E-state index is 12.4. The fraction of sp³-hybridized carbons (Fsp3) is 0.500. The van der Waals surface area contributed by atoms with Crippen molar-refractivity contribution in [2.24, 2.45) is 5.92 Å². The van der Waals surface area contributed by atoms with Crippen LogP contribution in [0.5, 0.6) is 0 Å². The number of aryl methyl sites for hydroxylation is 2. The van der Waals surface area contributed by atoms with Gasteiger partial charge in [0, 0.05) is 30.3 Å². The minimum atomic E-state index is -0.331. The number of thioether (sulfide) groups is 1. The lowest BCUT2D eigenvalue weighted by Crippen LogP contribution is -2.40. The molecule has 1 atom stereocenters. The van der Waals surface area contributed by atoms with Crippen LogP contribution in [0.25, 0.3) is 11.0 Å². The maximum Gasteiger partial charge on any atom is 0.336 e. The van der Waals surface area contributed by atoms with Crippen LogP contribution >= 0.6 is 11.8 Å². The van der Waals surface area contributed by atoms with Crippen molar-refractivity contribution in [3.05, 3.63) is 45.3 Å². The number of piperidine rings is 1. The number of benzene rings is 1. The average Bonchev–Trinajstić information content (AvgIpc) is 2.56. The molecule has 1 saturated heterocycles. The summed E-state index contributed by atoms with van der Waals surface area (Å²) < 4.78 is 5.33. The lowest BCUT2D eigenvalue weighted by Gasteiger charge is -2.30. The summed E-state index contributed by atoms with van der Waals surface area (Å²) in [6.45, 7) is 8.01. The van der Waals surface area contributed by atoms with Crippen LogP contribution < -0.4 is 5.63 Å². The van der Waals surface area contributed by atoms with Gasteiger partial charge in [0.2, 0.25) is 5.91 Å². The molecule has 5 heteroatoms. The molecule has 0 saturated carbocycles. The van der Waals surface area contributed by atoms with Crippen molar-refractivity contribution in [1.82, 2.24) is 4.90 Å². The van der Waals surface area contributed by atoms with Gasteiger partial charge in [-0.15, -0.1) is 11.8 Å². The molecule has 2 aromatic rings. The highest BCUT2D eigenvalue weighted by molar-refractivity contribution is 7.99. The Morgan fingerprint density at radius 3 is 2.80 bits per heavy atom. The first kappa shape index (κ1) is 18.1. The summed E-state index contributed by atoms with van der Waals surface area (Å²) in [7, 11) is 0. The van der Waals surface area contributed by atoms with Crippen LogP contribution in [0, 0.1) is 19.8 Å². The lowest BCUT2D eigenvalue weighted by molar-refractivity contribution is -0.130. The van der Waals surface area contributed by atoms with E-state index in [9.17, 15) is 9.59 Å². The van der Waals surface area contributed by atoms with Crippen LogP contribution in [0.1, 0.15) is 36.5 Å². The van der Waals surface area contributed by atoms with Crippen LogP contribution in [0.2, 0.25) is 0 Å². The van der Waals surface area contributed by atoms with Crippen molar-refractivity contribution in [2.45, 2.75) is 39.4 Å². The standard InChI is InChI=1S/C20H25NO3S/c1-13-5-4-6-21(10-13)19(22)12-25-11-16-9-20(23)24-18-8-15(3)14(2)7-17(16)18/h7-9,13H,4-6,10-12H2,1-3H3/t13-/m1/s1. The van der Waals surface area contributed by atoms with Crippen LogP contribution in [0.15, 0.2) is 27.4 Å². The number of nitrogens with zero attached hydrogens (tertiary/aromatic N) is 1. The molecule has 0 bridgehead atoms. The third kappa shape index (κ3) is 4.27. The van der Waals surface area contributed by atoms with Gasteiger partial charge >= 0.3 is 5.63 Å². The molecule has 1 aliphatic heterocycles. The zero-order chi connectivity index (χ0) is 18.0. The van der Waals surface area contributed by atoms with Crippen LogP contribution in [-0.2, 0) is 10.5 Å². The van der Waals surface area contributed by atoms with E-state index in [1.54, 1.807) is 17.8 Å². The summed E-state index contributed by atoms with van der Waals surface area (Å²) in [6.07, 6.45) is 2.31. The molecule has 1 amide bonds. The van der Waals surface area contributed by atoms with E-state index in [0.29, 0.717) is 23.0 Å². The smallest absolute Gasteiger partial charge is 0.336 e. The number of hydrogen-bond donors (Lipinski definition) is 0. The molecule has 0 aliphatic carbocycles. The second-order valence-corrected chi connectivity index (χ2v) is 8.09. The van der Waals surface area contributed by atoms with Crippen LogP contribution in [-0.4, -0.2) is 29.6 Å². The first-order valence-electron chi connectivity index (χ1n) is 8.83. The summed E-state index contributed by atoms with van der Waals surface area (Å²) in [5, 5.41) is 0.967. The third-order valence-electron chi connectivity index (χ3n) is 4.94. The number of hydrogen-bond acceptors (Lipinski definition) is 4. The molecule has 1 aromatic heterocycles. The monoisotopic (exact) mass is 359 g/mol. The topological polar surface area (TPSA) is 50.5 Å². The molecular formula is C20H25NO3S. The van der Waals surface area contributed by atoms with Crippen LogP contribution in [0.3, 0.4) is 0 Å². The van der Waals surface area contributed by atoms with Crippen molar-refractivity contribution < 1.29 is 9.21 Å². The molecule has 0 N–H and O–H groups in total. The van der Waals surface area contributed by atoms with Crippen molar-refractivity contribution >= 4 is 28.6 Å². The average molecular weight is 359 g/mol. The molecule has 3 rings (SSSR count). The number of rotatable bonds is 4. The highest BCUT2D eigenvalue weighted by Gasteiger charge is 2.20. The van der Waals surface area contributed by atoms with Gasteiger partial charge in [0.1, 0.15) is 5.58 Å². The van der Waals surface area contributed by atoms with Crippen molar-refractivity contribution in [2.75, 3.05) is 18.8 Å². The van der Waals surface area contributed by atoms with E-state index in [2.05, 4.69) is 19.9 Å². The Hall–Kier alpha value is -1.75. The zero-order valence-electron chi connectivity index (χ0n) is 15.1. The molecule has 134 valence electrons. The molecule has 0 spiro atoms. The lowest BCUT2D eigenvalue weighted by atomic mass is 10.0.